The van der Waals surface area contributed by atoms with Crippen LogP contribution in [-0.4, -0.2) is 41.5 Å². The molecule has 3 aromatic rings. The molecule has 39 heavy (non-hydrogen) atoms. The average Bonchev–Trinajstić information content (AvgIpc) is 3.71. The van der Waals surface area contributed by atoms with Crippen molar-refractivity contribution in [2.75, 3.05) is 19.5 Å². The van der Waals surface area contributed by atoms with Crippen molar-refractivity contribution in [2.45, 2.75) is 78.6 Å². The summed E-state index contributed by atoms with van der Waals surface area (Å²) < 4.78 is 33.8. The zero-order valence-corrected chi connectivity index (χ0v) is 25.5. The Morgan fingerprint density at radius 3 is 2.38 bits per heavy atom. The van der Waals surface area contributed by atoms with E-state index in [0.717, 1.165) is 34.3 Å². The zero-order chi connectivity index (χ0) is 28.3. The molecule has 1 atom stereocenters. The Bertz CT molecular complexity index is 1320. The molecule has 1 heterocycles. The third kappa shape index (κ3) is 8.02. The minimum atomic E-state index is -2.12. The molecule has 1 fully saturated rings. The quantitative estimate of drug-likeness (QED) is 0.212. The molecule has 6 heteroatoms. The van der Waals surface area contributed by atoms with Gasteiger partial charge < -0.3 is 9.30 Å². The summed E-state index contributed by atoms with van der Waals surface area (Å²) in [7, 11) is -2.12. The molecule has 0 N–H and O–H groups in total. The molecular weight excluding hydrogens is 506 g/mol. The van der Waals surface area contributed by atoms with E-state index in [0.29, 0.717) is 42.6 Å². The summed E-state index contributed by atoms with van der Waals surface area (Å²) in [5.41, 5.74) is 5.62. The summed E-state index contributed by atoms with van der Waals surface area (Å²) in [5, 5.41) is 0. The van der Waals surface area contributed by atoms with Crippen molar-refractivity contribution in [2.24, 2.45) is 5.92 Å². The molecule has 210 valence electrons. The SMILES string of the molecule is Cc1cc(-c2ccc(COc3cccc([C@H](CP(C)(C)=O)C4CC4)c3)cc2CN(C(C)C)C(C)C)c(F)cn1. The van der Waals surface area contributed by atoms with Crippen molar-refractivity contribution < 1.29 is 13.7 Å². The molecule has 1 aliphatic carbocycles. The van der Waals surface area contributed by atoms with Crippen molar-refractivity contribution in [1.29, 1.82) is 0 Å². The first-order valence-electron chi connectivity index (χ1n) is 14.2. The number of benzene rings is 2. The van der Waals surface area contributed by atoms with Crippen LogP contribution in [0.25, 0.3) is 11.1 Å². The number of rotatable bonds is 12. The van der Waals surface area contributed by atoms with Crippen LogP contribution in [0.3, 0.4) is 0 Å². The smallest absolute Gasteiger partial charge is 0.149 e. The summed E-state index contributed by atoms with van der Waals surface area (Å²) in [4.78, 5) is 6.54. The third-order valence-corrected chi connectivity index (χ3v) is 8.92. The van der Waals surface area contributed by atoms with Gasteiger partial charge in [-0.2, -0.15) is 0 Å². The van der Waals surface area contributed by atoms with Gasteiger partial charge in [-0.3, -0.25) is 9.88 Å². The van der Waals surface area contributed by atoms with Crippen molar-refractivity contribution in [3.8, 4) is 16.9 Å². The van der Waals surface area contributed by atoms with Crippen molar-refractivity contribution in [1.82, 2.24) is 9.88 Å². The highest BCUT2D eigenvalue weighted by Crippen LogP contribution is 2.51. The highest BCUT2D eigenvalue weighted by atomic mass is 31.2. The number of halogens is 1. The lowest BCUT2D eigenvalue weighted by Gasteiger charge is -2.31. The number of hydrogen-bond donors (Lipinski definition) is 0. The van der Waals surface area contributed by atoms with Gasteiger partial charge in [0.2, 0.25) is 0 Å². The predicted molar refractivity (Wildman–Crippen MR) is 161 cm³/mol. The third-order valence-electron chi connectivity index (χ3n) is 7.65. The van der Waals surface area contributed by atoms with Crippen LogP contribution < -0.4 is 4.74 Å². The molecule has 1 saturated carbocycles. The minimum absolute atomic E-state index is 0.308. The van der Waals surface area contributed by atoms with Crippen molar-refractivity contribution >= 4 is 7.14 Å². The Hall–Kier alpha value is -2.49. The molecule has 0 amide bonds. The Morgan fingerprint density at radius 1 is 1.03 bits per heavy atom. The second-order valence-electron chi connectivity index (χ2n) is 12.2. The Kier molecular flexibility index (Phi) is 9.34. The zero-order valence-electron chi connectivity index (χ0n) is 24.6. The Morgan fingerprint density at radius 2 is 1.74 bits per heavy atom. The lowest BCUT2D eigenvalue weighted by molar-refractivity contribution is 0.166. The molecule has 0 saturated heterocycles. The van der Waals surface area contributed by atoms with E-state index in [1.165, 1.54) is 24.6 Å². The summed E-state index contributed by atoms with van der Waals surface area (Å²) in [6, 6.07) is 17.1. The van der Waals surface area contributed by atoms with Gasteiger partial charge in [-0.15, -0.1) is 0 Å². The maximum atomic E-state index is 14.9. The van der Waals surface area contributed by atoms with E-state index in [1.54, 1.807) is 0 Å². The first-order valence-corrected chi connectivity index (χ1v) is 17.0. The fourth-order valence-electron chi connectivity index (χ4n) is 5.54. The van der Waals surface area contributed by atoms with Crippen LogP contribution in [0.15, 0.2) is 54.7 Å². The van der Waals surface area contributed by atoms with Crippen LogP contribution in [0.1, 0.15) is 68.8 Å². The highest BCUT2D eigenvalue weighted by Gasteiger charge is 2.34. The topological polar surface area (TPSA) is 42.4 Å². The molecule has 0 unspecified atom stereocenters. The molecule has 1 aromatic heterocycles. The van der Waals surface area contributed by atoms with E-state index in [4.69, 9.17) is 4.74 Å². The highest BCUT2D eigenvalue weighted by molar-refractivity contribution is 7.62. The van der Waals surface area contributed by atoms with Crippen LogP contribution >= 0.6 is 7.14 Å². The molecule has 0 spiro atoms. The van der Waals surface area contributed by atoms with Gasteiger partial charge in [0, 0.05) is 36.0 Å². The molecular formula is C33H44FN2O2P. The standard InChI is InChI=1S/C33H44FN2O2P/c1-22(2)36(23(3)4)19-28-16-25(11-14-30(28)31-15-24(5)35-18-33(31)34)20-38-29-10-8-9-27(17-29)32(26-12-13-26)21-39(6,7)37/h8-11,14-18,22-23,26,32H,12-13,19-21H2,1-7H3/t32-/m1/s1. The second kappa shape index (κ2) is 12.4. The van der Waals surface area contributed by atoms with E-state index in [9.17, 15) is 8.96 Å². The van der Waals surface area contributed by atoms with Gasteiger partial charge >= 0.3 is 0 Å². The van der Waals surface area contributed by atoms with Crippen LogP contribution in [-0.2, 0) is 17.7 Å². The first kappa shape index (κ1) is 29.5. The molecule has 2 aromatic carbocycles. The molecule has 0 aliphatic heterocycles. The predicted octanol–water partition coefficient (Wildman–Crippen LogP) is 8.51. The number of ether oxygens (including phenoxy) is 1. The van der Waals surface area contributed by atoms with Crippen molar-refractivity contribution in [3.05, 3.63) is 82.9 Å². The normalized spacial score (nSPS) is 14.8. The molecule has 4 nitrogen and oxygen atoms in total. The van der Waals surface area contributed by atoms with Crippen LogP contribution in [0.5, 0.6) is 5.75 Å². The molecule has 0 bridgehead atoms. The maximum Gasteiger partial charge on any atom is 0.149 e. The first-order chi connectivity index (χ1) is 18.4. The summed E-state index contributed by atoms with van der Waals surface area (Å²) >= 11 is 0. The van der Waals surface area contributed by atoms with E-state index in [2.05, 4.69) is 55.8 Å². The number of aryl methyl sites for hydroxylation is 1. The van der Waals surface area contributed by atoms with E-state index < -0.39 is 7.14 Å². The van der Waals surface area contributed by atoms with Crippen LogP contribution in [0.4, 0.5) is 4.39 Å². The molecule has 1 aliphatic rings. The monoisotopic (exact) mass is 550 g/mol. The number of pyridine rings is 1. The lowest BCUT2D eigenvalue weighted by Crippen LogP contribution is -2.36. The van der Waals surface area contributed by atoms with Crippen LogP contribution in [0, 0.1) is 18.7 Å². The second-order valence-corrected chi connectivity index (χ2v) is 15.7. The van der Waals surface area contributed by atoms with Gasteiger partial charge in [0.1, 0.15) is 18.2 Å². The lowest BCUT2D eigenvalue weighted by atomic mass is 9.96. The Labute approximate surface area is 234 Å². The van der Waals surface area contributed by atoms with E-state index in [-0.39, 0.29) is 5.82 Å². The summed E-state index contributed by atoms with van der Waals surface area (Å²) in [5.74, 6) is 1.48. The largest absolute Gasteiger partial charge is 0.489 e. The number of nitrogens with zero attached hydrogens (tertiary/aromatic N) is 2. The van der Waals surface area contributed by atoms with Gasteiger partial charge in [-0.1, -0.05) is 30.3 Å². The maximum absolute atomic E-state index is 14.9. The molecule has 0 radical (unpaired) electrons. The van der Waals surface area contributed by atoms with E-state index >= 15 is 0 Å². The molecule has 4 rings (SSSR count). The van der Waals surface area contributed by atoms with Crippen molar-refractivity contribution in [3.63, 3.8) is 0 Å². The minimum Gasteiger partial charge on any atom is -0.489 e. The summed E-state index contributed by atoms with van der Waals surface area (Å²) in [6.07, 6.45) is 4.49. The summed E-state index contributed by atoms with van der Waals surface area (Å²) in [6.45, 7) is 15.6. The van der Waals surface area contributed by atoms with Gasteiger partial charge in [-0.25, -0.2) is 4.39 Å². The number of hydrogen-bond acceptors (Lipinski definition) is 4. The average molecular weight is 551 g/mol. The van der Waals surface area contributed by atoms with Gasteiger partial charge in [0.05, 0.1) is 13.3 Å². The van der Waals surface area contributed by atoms with Crippen LogP contribution in [0.2, 0.25) is 0 Å². The fraction of sp³-hybridized carbons (Fsp3) is 0.485. The Balaban J connectivity index is 1.60. The fourth-order valence-corrected chi connectivity index (χ4v) is 6.99. The van der Waals surface area contributed by atoms with Gasteiger partial charge in [0.15, 0.2) is 0 Å². The van der Waals surface area contributed by atoms with Gasteiger partial charge in [0.25, 0.3) is 0 Å². The van der Waals surface area contributed by atoms with E-state index in [1.807, 2.05) is 50.6 Å². The number of aromatic nitrogens is 1. The van der Waals surface area contributed by atoms with Gasteiger partial charge in [-0.05, 0) is 113 Å².